The second-order valence-corrected chi connectivity index (χ2v) is 9.00. The Hall–Kier alpha value is -1.32. The molecule has 0 amide bonds. The van der Waals surface area contributed by atoms with Crippen molar-refractivity contribution in [2.45, 2.75) is 155 Å². The maximum atomic E-state index is 11.2. The van der Waals surface area contributed by atoms with Gasteiger partial charge in [0, 0.05) is 13.3 Å². The van der Waals surface area contributed by atoms with Crippen LogP contribution in [0.25, 0.3) is 0 Å². The van der Waals surface area contributed by atoms with Crippen LogP contribution in [-0.2, 0) is 14.3 Å². The van der Waals surface area contributed by atoms with E-state index in [0.29, 0.717) is 6.42 Å². The van der Waals surface area contributed by atoms with E-state index in [-0.39, 0.29) is 5.97 Å². The van der Waals surface area contributed by atoms with Crippen LogP contribution in [0, 0.1) is 0 Å². The second kappa shape index (κ2) is 29.7. The Morgan fingerprint density at radius 2 is 0.875 bits per heavy atom. The van der Waals surface area contributed by atoms with Crippen molar-refractivity contribution in [1.82, 2.24) is 0 Å². The first kappa shape index (κ1) is 32.9. The Morgan fingerprint density at radius 1 is 0.625 bits per heavy atom. The lowest BCUT2D eigenvalue weighted by molar-refractivity contribution is -0.138. The summed E-state index contributed by atoms with van der Waals surface area (Å²) in [6, 6.07) is 0. The molecule has 0 saturated heterocycles. The molecule has 0 aromatic rings. The van der Waals surface area contributed by atoms with Gasteiger partial charge in [-0.2, -0.15) is 0 Å². The lowest BCUT2D eigenvalue weighted by Crippen LogP contribution is -1.98. The summed E-state index contributed by atoms with van der Waals surface area (Å²) in [5, 5.41) is 7.42. The molecule has 0 unspecified atom stereocenters. The van der Waals surface area contributed by atoms with Gasteiger partial charge < -0.3 is 9.84 Å². The van der Waals surface area contributed by atoms with E-state index in [9.17, 15) is 4.79 Å². The van der Waals surface area contributed by atoms with Crippen LogP contribution in [-0.4, -0.2) is 17.0 Å². The Kier molecular flexibility index (Phi) is 30.5. The standard InChI is InChI=1S/C26H50O2.C2H4O2/c1-3-5-6-7-8-9-10-11-12-13-14-15-16-17-18-19-20-21-22-23-24-25-26(27)28-4-2;1-2(3)4/h4H,2-3,5-25H2,1H3;1H3,(H,3,4). The van der Waals surface area contributed by atoms with Crippen molar-refractivity contribution >= 4 is 11.9 Å². The number of ether oxygens (including phenoxy) is 1. The predicted molar refractivity (Wildman–Crippen MR) is 137 cm³/mol. The Morgan fingerprint density at radius 3 is 1.12 bits per heavy atom. The molecule has 0 aromatic heterocycles. The van der Waals surface area contributed by atoms with Gasteiger partial charge in [0.2, 0.25) is 0 Å². The van der Waals surface area contributed by atoms with Crippen LogP contribution in [0.3, 0.4) is 0 Å². The molecule has 0 aromatic carbocycles. The SMILES string of the molecule is C=COC(=O)CCCCCCCCCCCCCCCCCCCCCCC.CC(=O)O. The van der Waals surface area contributed by atoms with Gasteiger partial charge >= 0.3 is 5.97 Å². The van der Waals surface area contributed by atoms with E-state index in [1.807, 2.05) is 0 Å². The number of hydrogen-bond donors (Lipinski definition) is 1. The van der Waals surface area contributed by atoms with Gasteiger partial charge in [0.1, 0.15) is 0 Å². The van der Waals surface area contributed by atoms with Crippen molar-refractivity contribution in [3.63, 3.8) is 0 Å². The summed E-state index contributed by atoms with van der Waals surface area (Å²) in [5.74, 6) is -0.979. The van der Waals surface area contributed by atoms with Crippen LogP contribution in [0.2, 0.25) is 0 Å². The molecule has 0 bridgehead atoms. The maximum Gasteiger partial charge on any atom is 0.310 e. The Labute approximate surface area is 199 Å². The summed E-state index contributed by atoms with van der Waals surface area (Å²) in [4.78, 5) is 20.2. The summed E-state index contributed by atoms with van der Waals surface area (Å²) in [5.41, 5.74) is 0. The molecule has 0 saturated carbocycles. The van der Waals surface area contributed by atoms with Crippen LogP contribution in [0.1, 0.15) is 155 Å². The fraction of sp³-hybridized carbons (Fsp3) is 0.857. The van der Waals surface area contributed by atoms with Gasteiger partial charge in [0.05, 0.1) is 6.26 Å². The highest BCUT2D eigenvalue weighted by Crippen LogP contribution is 2.15. The van der Waals surface area contributed by atoms with Gasteiger partial charge in [-0.3, -0.25) is 9.59 Å². The Balaban J connectivity index is 0. The summed E-state index contributed by atoms with van der Waals surface area (Å²) in [7, 11) is 0. The zero-order chi connectivity index (χ0) is 24.1. The molecule has 0 heterocycles. The number of carbonyl (C=O) groups excluding carboxylic acids is 1. The highest BCUT2D eigenvalue weighted by Gasteiger charge is 2.00. The first-order valence-electron chi connectivity index (χ1n) is 13.5. The molecule has 0 fully saturated rings. The first-order chi connectivity index (χ1) is 15.5. The van der Waals surface area contributed by atoms with E-state index in [1.54, 1.807) is 0 Å². The Bertz CT molecular complexity index is 402. The van der Waals surface area contributed by atoms with E-state index in [4.69, 9.17) is 14.6 Å². The average Bonchev–Trinajstić information content (AvgIpc) is 2.74. The van der Waals surface area contributed by atoms with E-state index in [2.05, 4.69) is 13.5 Å². The minimum atomic E-state index is -0.833. The van der Waals surface area contributed by atoms with Crippen molar-refractivity contribution in [2.24, 2.45) is 0 Å². The first-order valence-corrected chi connectivity index (χ1v) is 13.5. The van der Waals surface area contributed by atoms with E-state index >= 15 is 0 Å². The molecule has 4 heteroatoms. The number of aliphatic carboxylic acids is 1. The summed E-state index contributed by atoms with van der Waals surface area (Å²) < 4.78 is 4.71. The molecule has 0 rings (SSSR count). The van der Waals surface area contributed by atoms with Gasteiger partial charge in [-0.05, 0) is 6.42 Å². The number of carbonyl (C=O) groups is 2. The minimum absolute atomic E-state index is 0.146. The van der Waals surface area contributed by atoms with Crippen LogP contribution in [0.5, 0.6) is 0 Å². The molecule has 0 spiro atoms. The van der Waals surface area contributed by atoms with Crippen molar-refractivity contribution in [3.05, 3.63) is 12.8 Å². The normalized spacial score (nSPS) is 10.3. The van der Waals surface area contributed by atoms with Crippen LogP contribution in [0.15, 0.2) is 12.8 Å². The fourth-order valence-corrected chi connectivity index (χ4v) is 3.85. The summed E-state index contributed by atoms with van der Waals surface area (Å²) >= 11 is 0. The van der Waals surface area contributed by atoms with Crippen molar-refractivity contribution < 1.29 is 19.4 Å². The summed E-state index contributed by atoms with van der Waals surface area (Å²) in [6.45, 7) is 6.77. The topological polar surface area (TPSA) is 63.6 Å². The van der Waals surface area contributed by atoms with Crippen molar-refractivity contribution in [3.8, 4) is 0 Å². The number of carboxylic acids is 1. The second-order valence-electron chi connectivity index (χ2n) is 9.00. The maximum absolute atomic E-state index is 11.2. The highest BCUT2D eigenvalue weighted by molar-refractivity contribution is 5.69. The average molecular weight is 455 g/mol. The van der Waals surface area contributed by atoms with Gasteiger partial charge in [-0.15, -0.1) is 0 Å². The van der Waals surface area contributed by atoms with Gasteiger partial charge in [0.25, 0.3) is 5.97 Å². The van der Waals surface area contributed by atoms with E-state index < -0.39 is 5.97 Å². The number of hydrogen-bond acceptors (Lipinski definition) is 3. The van der Waals surface area contributed by atoms with Crippen molar-refractivity contribution in [2.75, 3.05) is 0 Å². The zero-order valence-corrected chi connectivity index (χ0v) is 21.5. The molecule has 0 aliphatic carbocycles. The van der Waals surface area contributed by atoms with E-state index in [0.717, 1.165) is 19.8 Å². The van der Waals surface area contributed by atoms with Crippen LogP contribution in [0.4, 0.5) is 0 Å². The minimum Gasteiger partial charge on any atom is -0.481 e. The third-order valence-corrected chi connectivity index (χ3v) is 5.70. The molecular weight excluding hydrogens is 400 g/mol. The molecule has 0 atom stereocenters. The third-order valence-electron chi connectivity index (χ3n) is 5.70. The lowest BCUT2D eigenvalue weighted by atomic mass is 10.0. The molecule has 190 valence electrons. The molecule has 0 aliphatic heterocycles. The van der Waals surface area contributed by atoms with Crippen molar-refractivity contribution in [1.29, 1.82) is 0 Å². The lowest BCUT2D eigenvalue weighted by Gasteiger charge is -2.04. The van der Waals surface area contributed by atoms with Crippen LogP contribution >= 0.6 is 0 Å². The number of rotatable bonds is 23. The van der Waals surface area contributed by atoms with E-state index in [1.165, 1.54) is 128 Å². The van der Waals surface area contributed by atoms with Gasteiger partial charge in [-0.25, -0.2) is 0 Å². The number of carboxylic acid groups (broad SMARTS) is 1. The molecular formula is C28H54O4. The van der Waals surface area contributed by atoms with Crippen LogP contribution < -0.4 is 0 Å². The highest BCUT2D eigenvalue weighted by atomic mass is 16.5. The largest absolute Gasteiger partial charge is 0.481 e. The molecule has 32 heavy (non-hydrogen) atoms. The van der Waals surface area contributed by atoms with Gasteiger partial charge in [0.15, 0.2) is 0 Å². The third kappa shape index (κ3) is 36.1. The quantitative estimate of drug-likeness (QED) is 0.0948. The molecule has 4 nitrogen and oxygen atoms in total. The molecule has 0 aliphatic rings. The molecule has 1 N–H and O–H groups in total. The molecule has 0 radical (unpaired) electrons. The smallest absolute Gasteiger partial charge is 0.310 e. The zero-order valence-electron chi connectivity index (χ0n) is 21.5. The number of esters is 1. The summed E-state index contributed by atoms with van der Waals surface area (Å²) in [6.07, 6.45) is 30.8. The van der Waals surface area contributed by atoms with Gasteiger partial charge in [-0.1, -0.05) is 142 Å². The fourth-order valence-electron chi connectivity index (χ4n) is 3.85. The number of unbranched alkanes of at least 4 members (excludes halogenated alkanes) is 20. The monoisotopic (exact) mass is 454 g/mol. The predicted octanol–water partition coefficient (Wildman–Crippen LogP) is 9.37.